The van der Waals surface area contributed by atoms with Gasteiger partial charge in [0.05, 0.1) is 24.7 Å². The van der Waals surface area contributed by atoms with Gasteiger partial charge in [0.1, 0.15) is 11.6 Å². The Hall–Kier alpha value is -3.26. The quantitative estimate of drug-likeness (QED) is 0.682. The smallest absolute Gasteiger partial charge is 0.227 e. The van der Waals surface area contributed by atoms with Gasteiger partial charge in [-0.15, -0.1) is 6.42 Å². The number of carbonyl (C=O) groups excluding carboxylic acids is 1. The summed E-state index contributed by atoms with van der Waals surface area (Å²) in [6.45, 7) is 1.03. The van der Waals surface area contributed by atoms with Crippen LogP contribution >= 0.6 is 0 Å². The van der Waals surface area contributed by atoms with Crippen molar-refractivity contribution in [1.29, 1.82) is 0 Å². The normalized spacial score (nSPS) is 16.8. The fourth-order valence-electron chi connectivity index (χ4n) is 3.57. The molecule has 0 bridgehead atoms. The van der Waals surface area contributed by atoms with Crippen molar-refractivity contribution in [3.63, 3.8) is 0 Å². The van der Waals surface area contributed by atoms with E-state index in [1.54, 1.807) is 12.0 Å². The van der Waals surface area contributed by atoms with Crippen molar-refractivity contribution in [3.8, 4) is 18.1 Å². The molecule has 1 aliphatic heterocycles. The number of para-hydroxylation sites is 2. The molecule has 26 heavy (non-hydrogen) atoms. The molecule has 0 radical (unpaired) electrons. The van der Waals surface area contributed by atoms with E-state index >= 15 is 0 Å². The monoisotopic (exact) mass is 345 g/mol. The van der Waals surface area contributed by atoms with Gasteiger partial charge in [0.2, 0.25) is 5.91 Å². The second kappa shape index (κ2) is 6.57. The maximum Gasteiger partial charge on any atom is 0.227 e. The van der Waals surface area contributed by atoms with E-state index in [2.05, 4.69) is 5.92 Å². The molecule has 130 valence electrons. The average molecular weight is 345 g/mol. The highest BCUT2D eigenvalue weighted by Gasteiger charge is 2.34. The fraction of sp³-hybridized carbons (Fsp3) is 0.238. The molecule has 1 atom stereocenters. The molecule has 0 N–H and O–H groups in total. The minimum atomic E-state index is 0.00875. The number of methoxy groups -OCH3 is 1. The van der Waals surface area contributed by atoms with Crippen molar-refractivity contribution in [2.75, 3.05) is 18.6 Å². The number of rotatable bonds is 4. The van der Waals surface area contributed by atoms with Crippen molar-refractivity contribution in [3.05, 3.63) is 54.4 Å². The van der Waals surface area contributed by atoms with E-state index in [-0.39, 0.29) is 11.8 Å². The number of carbonyl (C=O) groups is 1. The molecule has 5 heteroatoms. The zero-order chi connectivity index (χ0) is 18.1. The minimum absolute atomic E-state index is 0.00875. The summed E-state index contributed by atoms with van der Waals surface area (Å²) in [5.41, 5.74) is 2.76. The van der Waals surface area contributed by atoms with Crippen LogP contribution in [0.5, 0.6) is 5.75 Å². The third-order valence-corrected chi connectivity index (χ3v) is 4.79. The zero-order valence-corrected chi connectivity index (χ0v) is 14.6. The average Bonchev–Trinajstić information content (AvgIpc) is 3.23. The molecule has 1 amide bonds. The lowest BCUT2D eigenvalue weighted by Gasteiger charge is -2.17. The Labute approximate surface area is 152 Å². The minimum Gasteiger partial charge on any atom is -0.497 e. The van der Waals surface area contributed by atoms with Gasteiger partial charge in [0, 0.05) is 30.6 Å². The maximum atomic E-state index is 12.7. The van der Waals surface area contributed by atoms with Gasteiger partial charge in [0.15, 0.2) is 0 Å². The third kappa shape index (κ3) is 2.70. The van der Waals surface area contributed by atoms with Gasteiger partial charge in [-0.25, -0.2) is 4.98 Å². The molecule has 0 aliphatic carbocycles. The van der Waals surface area contributed by atoms with E-state index in [1.165, 1.54) is 0 Å². The summed E-state index contributed by atoms with van der Waals surface area (Å²) >= 11 is 0. The van der Waals surface area contributed by atoms with Gasteiger partial charge in [-0.3, -0.25) is 4.79 Å². The molecule has 4 rings (SSSR count). The van der Waals surface area contributed by atoms with E-state index < -0.39 is 0 Å². The lowest BCUT2D eigenvalue weighted by molar-refractivity contribution is -0.117. The molecule has 0 spiro atoms. The number of hydrogen-bond donors (Lipinski definition) is 0. The van der Waals surface area contributed by atoms with Crippen molar-refractivity contribution in [2.45, 2.75) is 18.9 Å². The summed E-state index contributed by atoms with van der Waals surface area (Å²) in [6, 6.07) is 15.5. The second-order valence-corrected chi connectivity index (χ2v) is 6.36. The SMILES string of the molecule is C#CCn1c([C@H]2CC(=O)N(c3cccc(OC)c3)C2)nc2ccccc21. The number of nitrogens with zero attached hydrogens (tertiary/aromatic N) is 3. The first kappa shape index (κ1) is 16.2. The summed E-state index contributed by atoms with van der Waals surface area (Å²) in [7, 11) is 1.62. The standard InChI is InChI=1S/C21H19N3O2/c1-3-11-23-19-10-5-4-9-18(19)22-21(23)15-12-20(25)24(14-15)16-7-6-8-17(13-16)26-2/h1,4-10,13,15H,11-12,14H2,2H3/t15-/m0/s1. The number of anilines is 1. The van der Waals surface area contributed by atoms with Crippen LogP contribution in [0.4, 0.5) is 5.69 Å². The Balaban J connectivity index is 1.70. The molecule has 2 heterocycles. The van der Waals surface area contributed by atoms with E-state index in [9.17, 15) is 4.79 Å². The van der Waals surface area contributed by atoms with Crippen molar-refractivity contribution in [1.82, 2.24) is 9.55 Å². The lowest BCUT2D eigenvalue weighted by atomic mass is 10.1. The summed E-state index contributed by atoms with van der Waals surface area (Å²) in [4.78, 5) is 19.2. The van der Waals surface area contributed by atoms with Gasteiger partial charge >= 0.3 is 0 Å². The van der Waals surface area contributed by atoms with E-state index in [1.807, 2.05) is 53.1 Å². The first-order chi connectivity index (χ1) is 12.7. The van der Waals surface area contributed by atoms with Crippen molar-refractivity contribution < 1.29 is 9.53 Å². The molecule has 5 nitrogen and oxygen atoms in total. The molecule has 0 unspecified atom stereocenters. The number of aromatic nitrogens is 2. The topological polar surface area (TPSA) is 47.4 Å². The Morgan fingerprint density at radius 2 is 2.12 bits per heavy atom. The van der Waals surface area contributed by atoms with Gasteiger partial charge < -0.3 is 14.2 Å². The molecule has 1 aromatic heterocycles. The molecule has 2 aromatic carbocycles. The second-order valence-electron chi connectivity index (χ2n) is 6.36. The molecular formula is C21H19N3O2. The van der Waals surface area contributed by atoms with Gasteiger partial charge in [-0.05, 0) is 24.3 Å². The highest BCUT2D eigenvalue weighted by Crippen LogP contribution is 2.34. The van der Waals surface area contributed by atoms with Crippen molar-refractivity contribution in [2.24, 2.45) is 0 Å². The van der Waals surface area contributed by atoms with Crippen LogP contribution in [0.2, 0.25) is 0 Å². The van der Waals surface area contributed by atoms with Crippen LogP contribution in [0, 0.1) is 12.3 Å². The van der Waals surface area contributed by atoms with E-state index in [0.29, 0.717) is 19.5 Å². The van der Waals surface area contributed by atoms with Crippen LogP contribution < -0.4 is 9.64 Å². The number of imidazole rings is 1. The molecule has 1 fully saturated rings. The molecular weight excluding hydrogens is 326 g/mol. The number of terminal acetylenes is 1. The van der Waals surface area contributed by atoms with Crippen LogP contribution in [-0.4, -0.2) is 29.1 Å². The van der Waals surface area contributed by atoms with Crippen LogP contribution in [0.1, 0.15) is 18.2 Å². The number of hydrogen-bond acceptors (Lipinski definition) is 3. The summed E-state index contributed by atoms with van der Waals surface area (Å²) in [5.74, 6) is 4.41. The van der Waals surface area contributed by atoms with E-state index in [0.717, 1.165) is 28.3 Å². The summed E-state index contributed by atoms with van der Waals surface area (Å²) < 4.78 is 7.32. The zero-order valence-electron chi connectivity index (χ0n) is 14.6. The van der Waals surface area contributed by atoms with Crippen LogP contribution in [0.25, 0.3) is 11.0 Å². The molecule has 1 aliphatic rings. The number of amides is 1. The van der Waals surface area contributed by atoms with Gasteiger partial charge in [-0.2, -0.15) is 0 Å². The van der Waals surface area contributed by atoms with Crippen LogP contribution in [0.3, 0.4) is 0 Å². The largest absolute Gasteiger partial charge is 0.497 e. The Morgan fingerprint density at radius 3 is 2.92 bits per heavy atom. The Morgan fingerprint density at radius 1 is 1.27 bits per heavy atom. The van der Waals surface area contributed by atoms with Gasteiger partial charge in [-0.1, -0.05) is 24.1 Å². The Bertz CT molecular complexity index is 1020. The Kier molecular flexibility index (Phi) is 4.10. The van der Waals surface area contributed by atoms with E-state index in [4.69, 9.17) is 16.1 Å². The molecule has 0 saturated carbocycles. The summed E-state index contributed by atoms with van der Waals surface area (Å²) in [5, 5.41) is 0. The first-order valence-corrected chi connectivity index (χ1v) is 8.54. The first-order valence-electron chi connectivity index (χ1n) is 8.54. The molecule has 3 aromatic rings. The third-order valence-electron chi connectivity index (χ3n) is 4.79. The number of ether oxygens (including phenoxy) is 1. The molecule has 1 saturated heterocycles. The highest BCUT2D eigenvalue weighted by molar-refractivity contribution is 5.96. The van der Waals surface area contributed by atoms with Crippen LogP contribution in [-0.2, 0) is 11.3 Å². The highest BCUT2D eigenvalue weighted by atomic mass is 16.5. The maximum absolute atomic E-state index is 12.7. The lowest BCUT2D eigenvalue weighted by Crippen LogP contribution is -2.24. The summed E-state index contributed by atoms with van der Waals surface area (Å²) in [6.07, 6.45) is 5.99. The van der Waals surface area contributed by atoms with Crippen LogP contribution in [0.15, 0.2) is 48.5 Å². The fourth-order valence-corrected chi connectivity index (χ4v) is 3.57. The van der Waals surface area contributed by atoms with Crippen molar-refractivity contribution >= 4 is 22.6 Å². The predicted molar refractivity (Wildman–Crippen MR) is 101 cm³/mol. The van der Waals surface area contributed by atoms with Gasteiger partial charge in [0.25, 0.3) is 0 Å². The predicted octanol–water partition coefficient (Wildman–Crippen LogP) is 3.20. The number of benzene rings is 2. The number of fused-ring (bicyclic) bond motifs is 1.